The van der Waals surface area contributed by atoms with Gasteiger partial charge in [-0.3, -0.25) is 14.9 Å². The van der Waals surface area contributed by atoms with E-state index in [1.54, 1.807) is 24.3 Å². The normalized spacial score (nSPS) is 10.5. The first-order valence-electron chi connectivity index (χ1n) is 5.90. The molecule has 1 amide bonds. The molecule has 2 aromatic carbocycles. The maximum absolute atomic E-state index is 11.8. The van der Waals surface area contributed by atoms with E-state index in [9.17, 15) is 14.9 Å². The Morgan fingerprint density at radius 2 is 1.76 bits per heavy atom. The fraction of sp³-hybridized carbons (Fsp3) is 0. The van der Waals surface area contributed by atoms with E-state index in [2.05, 4.69) is 10.5 Å². The molecule has 21 heavy (non-hydrogen) atoms. The van der Waals surface area contributed by atoms with Crippen LogP contribution in [0.2, 0.25) is 5.02 Å². The van der Waals surface area contributed by atoms with Gasteiger partial charge in [-0.25, -0.2) is 5.43 Å². The Hall–Kier alpha value is -2.73. The third kappa shape index (κ3) is 4.12. The number of non-ortho nitro benzene ring substituents is 1. The maximum atomic E-state index is 11.8. The highest BCUT2D eigenvalue weighted by Gasteiger charge is 2.08. The van der Waals surface area contributed by atoms with E-state index in [-0.39, 0.29) is 11.3 Å². The highest BCUT2D eigenvalue weighted by molar-refractivity contribution is 6.30. The Kier molecular flexibility index (Phi) is 4.63. The van der Waals surface area contributed by atoms with Gasteiger partial charge in [-0.05, 0) is 29.8 Å². The fourth-order valence-electron chi connectivity index (χ4n) is 1.51. The summed E-state index contributed by atoms with van der Waals surface area (Å²) in [6.45, 7) is 0. The lowest BCUT2D eigenvalue weighted by molar-refractivity contribution is -0.384. The number of carbonyl (C=O) groups is 1. The first-order valence-corrected chi connectivity index (χ1v) is 6.27. The summed E-state index contributed by atoms with van der Waals surface area (Å²) >= 11 is 5.75. The van der Waals surface area contributed by atoms with Crippen LogP contribution in [-0.2, 0) is 0 Å². The average molecular weight is 304 g/mol. The van der Waals surface area contributed by atoms with Crippen LogP contribution in [-0.4, -0.2) is 17.0 Å². The zero-order valence-corrected chi connectivity index (χ0v) is 11.4. The number of hydrogen-bond acceptors (Lipinski definition) is 4. The number of nitrogens with one attached hydrogen (secondary N) is 1. The average Bonchev–Trinajstić information content (AvgIpc) is 2.49. The zero-order chi connectivity index (χ0) is 15.2. The molecule has 2 aromatic rings. The van der Waals surface area contributed by atoms with Gasteiger partial charge < -0.3 is 0 Å². The van der Waals surface area contributed by atoms with Crippen molar-refractivity contribution in [3.05, 3.63) is 74.8 Å². The largest absolute Gasteiger partial charge is 0.271 e. The standard InChI is InChI=1S/C14H10ClN3O3/c15-12-5-1-10(2-6-12)9-16-17-14(19)11-3-7-13(8-4-11)18(20)21/h1-9H,(H,17,19)/b16-9-. The monoisotopic (exact) mass is 303 g/mol. The van der Waals surface area contributed by atoms with E-state index >= 15 is 0 Å². The lowest BCUT2D eigenvalue weighted by atomic mass is 10.2. The predicted octanol–water partition coefficient (Wildman–Crippen LogP) is 3.01. The summed E-state index contributed by atoms with van der Waals surface area (Å²) < 4.78 is 0. The van der Waals surface area contributed by atoms with E-state index in [0.29, 0.717) is 5.02 Å². The number of nitro groups is 1. The van der Waals surface area contributed by atoms with Crippen molar-refractivity contribution in [1.82, 2.24) is 5.43 Å². The first kappa shape index (κ1) is 14.7. The number of carbonyl (C=O) groups excluding carboxylic acids is 1. The molecule has 0 fully saturated rings. The third-order valence-electron chi connectivity index (χ3n) is 2.59. The molecule has 0 radical (unpaired) electrons. The molecule has 0 aromatic heterocycles. The SMILES string of the molecule is O=C(N/N=C\c1ccc(Cl)cc1)c1ccc([N+](=O)[O-])cc1. The number of amides is 1. The number of hydrazone groups is 1. The minimum absolute atomic E-state index is 0.0729. The molecule has 0 spiro atoms. The molecule has 0 heterocycles. The van der Waals surface area contributed by atoms with Gasteiger partial charge in [0.25, 0.3) is 11.6 Å². The van der Waals surface area contributed by atoms with E-state index in [1.807, 2.05) is 0 Å². The molecule has 7 heteroatoms. The highest BCUT2D eigenvalue weighted by Crippen LogP contribution is 2.11. The highest BCUT2D eigenvalue weighted by atomic mass is 35.5. The summed E-state index contributed by atoms with van der Waals surface area (Å²) in [6.07, 6.45) is 1.47. The molecule has 0 saturated carbocycles. The van der Waals surface area contributed by atoms with Gasteiger partial charge in [-0.2, -0.15) is 5.10 Å². The van der Waals surface area contributed by atoms with Gasteiger partial charge in [0.2, 0.25) is 0 Å². The summed E-state index contributed by atoms with van der Waals surface area (Å²) in [4.78, 5) is 21.7. The summed E-state index contributed by atoms with van der Waals surface area (Å²) in [6, 6.07) is 12.2. The summed E-state index contributed by atoms with van der Waals surface area (Å²) in [5.74, 6) is -0.449. The summed E-state index contributed by atoms with van der Waals surface area (Å²) in [7, 11) is 0. The number of rotatable bonds is 4. The second-order valence-electron chi connectivity index (χ2n) is 4.05. The van der Waals surface area contributed by atoms with Gasteiger partial charge in [0.15, 0.2) is 0 Å². The Bertz CT molecular complexity index is 682. The predicted molar refractivity (Wildman–Crippen MR) is 79.6 cm³/mol. The molecule has 1 N–H and O–H groups in total. The maximum Gasteiger partial charge on any atom is 0.271 e. The van der Waals surface area contributed by atoms with Crippen LogP contribution in [0.25, 0.3) is 0 Å². The minimum Gasteiger partial charge on any atom is -0.267 e. The molecule has 0 aliphatic heterocycles. The van der Waals surface area contributed by atoms with Crippen molar-refractivity contribution >= 4 is 29.4 Å². The van der Waals surface area contributed by atoms with Gasteiger partial charge in [0, 0.05) is 22.7 Å². The lowest BCUT2D eigenvalue weighted by Crippen LogP contribution is -2.17. The van der Waals surface area contributed by atoms with Crippen LogP contribution < -0.4 is 5.43 Å². The van der Waals surface area contributed by atoms with Gasteiger partial charge >= 0.3 is 0 Å². The third-order valence-corrected chi connectivity index (χ3v) is 2.84. The zero-order valence-electron chi connectivity index (χ0n) is 10.7. The first-order chi connectivity index (χ1) is 10.1. The Morgan fingerprint density at radius 3 is 2.33 bits per heavy atom. The number of halogens is 1. The number of nitrogens with zero attached hydrogens (tertiary/aromatic N) is 2. The van der Waals surface area contributed by atoms with Crippen molar-refractivity contribution in [2.24, 2.45) is 5.10 Å². The summed E-state index contributed by atoms with van der Waals surface area (Å²) in [5.41, 5.74) is 3.33. The van der Waals surface area contributed by atoms with Crippen LogP contribution >= 0.6 is 11.6 Å². The molecule has 0 atom stereocenters. The van der Waals surface area contributed by atoms with Crippen LogP contribution in [0.5, 0.6) is 0 Å². The van der Waals surface area contributed by atoms with Crippen molar-refractivity contribution in [2.75, 3.05) is 0 Å². The molecular formula is C14H10ClN3O3. The molecule has 0 saturated heterocycles. The molecule has 2 rings (SSSR count). The molecule has 6 nitrogen and oxygen atoms in total. The van der Waals surface area contributed by atoms with Gasteiger partial charge in [0.1, 0.15) is 0 Å². The van der Waals surface area contributed by atoms with E-state index in [0.717, 1.165) is 5.56 Å². The minimum atomic E-state index is -0.527. The van der Waals surface area contributed by atoms with Crippen LogP contribution in [0, 0.1) is 10.1 Å². The number of nitro benzene ring substituents is 1. The van der Waals surface area contributed by atoms with Crippen LogP contribution in [0.4, 0.5) is 5.69 Å². The van der Waals surface area contributed by atoms with Crippen LogP contribution in [0.1, 0.15) is 15.9 Å². The Labute approximate surface area is 125 Å². The fourth-order valence-corrected chi connectivity index (χ4v) is 1.64. The second kappa shape index (κ2) is 6.62. The van der Waals surface area contributed by atoms with E-state index in [4.69, 9.17) is 11.6 Å². The smallest absolute Gasteiger partial charge is 0.267 e. The number of hydrogen-bond donors (Lipinski definition) is 1. The van der Waals surface area contributed by atoms with Crippen molar-refractivity contribution in [3.63, 3.8) is 0 Å². The lowest BCUT2D eigenvalue weighted by Gasteiger charge is -1.99. The molecule has 0 aliphatic rings. The Morgan fingerprint density at radius 1 is 1.14 bits per heavy atom. The molecule has 0 aliphatic carbocycles. The molecule has 0 unspecified atom stereocenters. The van der Waals surface area contributed by atoms with Gasteiger partial charge in [-0.15, -0.1) is 0 Å². The van der Waals surface area contributed by atoms with E-state index in [1.165, 1.54) is 30.5 Å². The summed E-state index contributed by atoms with van der Waals surface area (Å²) in [5, 5.41) is 14.9. The quantitative estimate of drug-likeness (QED) is 0.535. The van der Waals surface area contributed by atoms with Crippen LogP contribution in [0.15, 0.2) is 53.6 Å². The van der Waals surface area contributed by atoms with Crippen LogP contribution in [0.3, 0.4) is 0 Å². The molecule has 106 valence electrons. The van der Waals surface area contributed by atoms with Crippen molar-refractivity contribution in [1.29, 1.82) is 0 Å². The van der Waals surface area contributed by atoms with Gasteiger partial charge in [0.05, 0.1) is 11.1 Å². The molecular weight excluding hydrogens is 294 g/mol. The van der Waals surface area contributed by atoms with Crippen molar-refractivity contribution in [2.45, 2.75) is 0 Å². The second-order valence-corrected chi connectivity index (χ2v) is 4.49. The van der Waals surface area contributed by atoms with Crippen molar-refractivity contribution in [3.8, 4) is 0 Å². The van der Waals surface area contributed by atoms with E-state index < -0.39 is 10.8 Å². The topological polar surface area (TPSA) is 84.6 Å². The molecule has 0 bridgehead atoms. The number of benzene rings is 2. The van der Waals surface area contributed by atoms with Gasteiger partial charge in [-0.1, -0.05) is 23.7 Å². The van der Waals surface area contributed by atoms with Crippen molar-refractivity contribution < 1.29 is 9.72 Å². The Balaban J connectivity index is 1.98.